The minimum Gasteiger partial charge on any atom is -0.268 e. The van der Waals surface area contributed by atoms with E-state index in [0.29, 0.717) is 15.5 Å². The molecule has 0 atom stereocenters. The first-order chi connectivity index (χ1) is 17.4. The molecule has 178 valence electrons. The number of rotatable bonds is 6. The van der Waals surface area contributed by atoms with Crippen LogP contribution in [-0.4, -0.2) is 21.0 Å². The smallest absolute Gasteiger partial charge is 0.268 e. The number of hydrogen-bond acceptors (Lipinski definition) is 6. The highest BCUT2D eigenvalue weighted by atomic mass is 35.5. The highest BCUT2D eigenvalue weighted by Gasteiger charge is 2.35. The van der Waals surface area contributed by atoms with E-state index in [-0.39, 0.29) is 22.4 Å². The summed E-state index contributed by atoms with van der Waals surface area (Å²) in [6.45, 7) is 0.153. The van der Waals surface area contributed by atoms with Crippen molar-refractivity contribution in [1.82, 2.24) is 4.90 Å². The molecule has 0 bridgehead atoms. The zero-order chi connectivity index (χ0) is 25.2. The number of fused-ring (bicyclic) bond motifs is 1. The van der Waals surface area contributed by atoms with Crippen LogP contribution in [0, 0.1) is 10.1 Å². The maximum atomic E-state index is 13.1. The fraction of sp³-hybridized carbons (Fsp3) is 0.0370. The minimum atomic E-state index is -0.457. The zero-order valence-corrected chi connectivity index (χ0v) is 21.0. The lowest BCUT2D eigenvalue weighted by atomic mass is 10.0. The van der Waals surface area contributed by atoms with Gasteiger partial charge in [-0.05, 0) is 70.1 Å². The molecule has 0 aromatic heterocycles. The molecule has 6 nitrogen and oxygen atoms in total. The van der Waals surface area contributed by atoms with Gasteiger partial charge in [-0.3, -0.25) is 24.6 Å². The second-order valence-electron chi connectivity index (χ2n) is 7.95. The number of nitro groups is 1. The van der Waals surface area contributed by atoms with Crippen LogP contribution in [0.3, 0.4) is 0 Å². The molecule has 0 aliphatic carbocycles. The standard InChI is InChI=1S/C27H17ClN2O4S2/c28-20-9-11-21(12-10-20)35-24-13-8-17(14-23(24)30(33)34)15-25-26(31)29(27(32)36-25)16-19-6-3-5-18-4-1-2-7-22(18)19/h1-15H,16H2/b25-15-. The summed E-state index contributed by atoms with van der Waals surface area (Å²) in [4.78, 5) is 39.8. The number of carbonyl (C=O) groups is 2. The maximum absolute atomic E-state index is 13.1. The molecule has 9 heteroatoms. The van der Waals surface area contributed by atoms with Gasteiger partial charge < -0.3 is 0 Å². The molecule has 2 amide bonds. The highest BCUT2D eigenvalue weighted by Crippen LogP contribution is 2.38. The van der Waals surface area contributed by atoms with Gasteiger partial charge in [-0.1, -0.05) is 71.9 Å². The quantitative estimate of drug-likeness (QED) is 0.143. The van der Waals surface area contributed by atoms with Crippen LogP contribution in [0.4, 0.5) is 10.5 Å². The Labute approximate surface area is 220 Å². The molecular weight excluding hydrogens is 516 g/mol. The second kappa shape index (κ2) is 10.2. The van der Waals surface area contributed by atoms with Crippen LogP contribution in [0.15, 0.2) is 99.6 Å². The van der Waals surface area contributed by atoms with Crippen molar-refractivity contribution in [2.75, 3.05) is 0 Å². The normalized spacial score (nSPS) is 14.7. The Hall–Kier alpha value is -3.59. The van der Waals surface area contributed by atoms with Crippen molar-refractivity contribution < 1.29 is 14.5 Å². The number of carbonyl (C=O) groups excluding carboxylic acids is 2. The molecule has 0 radical (unpaired) electrons. The van der Waals surface area contributed by atoms with Crippen molar-refractivity contribution in [3.8, 4) is 0 Å². The van der Waals surface area contributed by atoms with Crippen LogP contribution in [0.1, 0.15) is 11.1 Å². The lowest BCUT2D eigenvalue weighted by molar-refractivity contribution is -0.387. The van der Waals surface area contributed by atoms with Crippen molar-refractivity contribution in [3.05, 3.63) is 116 Å². The molecule has 5 rings (SSSR count). The Morgan fingerprint density at radius 2 is 1.72 bits per heavy atom. The molecule has 4 aromatic rings. The zero-order valence-electron chi connectivity index (χ0n) is 18.6. The van der Waals surface area contributed by atoms with E-state index in [0.717, 1.165) is 33.0 Å². The molecule has 1 heterocycles. The molecule has 0 saturated carbocycles. The van der Waals surface area contributed by atoms with Crippen LogP contribution >= 0.6 is 35.1 Å². The van der Waals surface area contributed by atoms with E-state index in [1.54, 1.807) is 36.4 Å². The molecule has 1 fully saturated rings. The average molecular weight is 533 g/mol. The van der Waals surface area contributed by atoms with Crippen molar-refractivity contribution in [1.29, 1.82) is 0 Å². The van der Waals surface area contributed by atoms with Gasteiger partial charge in [0.05, 0.1) is 21.3 Å². The van der Waals surface area contributed by atoms with E-state index in [4.69, 9.17) is 11.6 Å². The summed E-state index contributed by atoms with van der Waals surface area (Å²) in [5.74, 6) is -0.416. The van der Waals surface area contributed by atoms with Crippen molar-refractivity contribution in [2.24, 2.45) is 0 Å². The van der Waals surface area contributed by atoms with Gasteiger partial charge >= 0.3 is 0 Å². The van der Waals surface area contributed by atoms with Gasteiger partial charge in [0, 0.05) is 16.0 Å². The van der Waals surface area contributed by atoms with Crippen LogP contribution < -0.4 is 0 Å². The Kier molecular flexibility index (Phi) is 6.82. The van der Waals surface area contributed by atoms with Crippen molar-refractivity contribution >= 4 is 68.8 Å². The molecule has 0 spiro atoms. The van der Waals surface area contributed by atoms with Gasteiger partial charge in [0.25, 0.3) is 16.8 Å². The van der Waals surface area contributed by atoms with Gasteiger partial charge in [-0.15, -0.1) is 0 Å². The maximum Gasteiger partial charge on any atom is 0.293 e. The van der Waals surface area contributed by atoms with Crippen LogP contribution in [0.25, 0.3) is 16.8 Å². The molecule has 0 N–H and O–H groups in total. The van der Waals surface area contributed by atoms with Crippen LogP contribution in [0.5, 0.6) is 0 Å². The summed E-state index contributed by atoms with van der Waals surface area (Å²) in [5, 5.41) is 14.0. The number of nitro benzene ring substituents is 1. The van der Waals surface area contributed by atoms with Crippen molar-refractivity contribution in [2.45, 2.75) is 16.3 Å². The number of hydrogen-bond donors (Lipinski definition) is 0. The number of halogens is 1. The summed E-state index contributed by atoms with van der Waals surface area (Å²) >= 11 is 8.01. The lowest BCUT2D eigenvalue weighted by Gasteiger charge is -2.14. The second-order valence-corrected chi connectivity index (χ2v) is 10.5. The number of amides is 2. The van der Waals surface area contributed by atoms with E-state index in [2.05, 4.69) is 0 Å². The number of nitrogens with zero attached hydrogens (tertiary/aromatic N) is 2. The summed E-state index contributed by atoms with van der Waals surface area (Å²) < 4.78 is 0. The third-order valence-electron chi connectivity index (χ3n) is 5.60. The Morgan fingerprint density at radius 1 is 0.972 bits per heavy atom. The van der Waals surface area contributed by atoms with E-state index >= 15 is 0 Å². The van der Waals surface area contributed by atoms with E-state index in [9.17, 15) is 19.7 Å². The predicted molar refractivity (Wildman–Crippen MR) is 144 cm³/mol. The number of benzene rings is 4. The Morgan fingerprint density at radius 3 is 2.50 bits per heavy atom. The largest absolute Gasteiger partial charge is 0.293 e. The SMILES string of the molecule is O=C1S/C(=C\c2ccc(Sc3ccc(Cl)cc3)c([N+](=O)[O-])c2)C(=O)N1Cc1cccc2ccccc12. The summed E-state index contributed by atoms with van der Waals surface area (Å²) in [6, 6.07) is 25.3. The van der Waals surface area contributed by atoms with Gasteiger partial charge in [0.15, 0.2) is 0 Å². The fourth-order valence-corrected chi connectivity index (χ4v) is 5.74. The van der Waals surface area contributed by atoms with Gasteiger partial charge in [0.2, 0.25) is 0 Å². The van der Waals surface area contributed by atoms with Gasteiger partial charge in [0.1, 0.15) is 0 Å². The first kappa shape index (κ1) is 24.1. The first-order valence-electron chi connectivity index (χ1n) is 10.8. The molecule has 1 saturated heterocycles. The third kappa shape index (κ3) is 5.02. The fourth-order valence-electron chi connectivity index (χ4n) is 3.87. The van der Waals surface area contributed by atoms with Gasteiger partial charge in [-0.2, -0.15) is 0 Å². The molecule has 36 heavy (non-hydrogen) atoms. The van der Waals surface area contributed by atoms with E-state index in [1.165, 1.54) is 28.8 Å². The monoisotopic (exact) mass is 532 g/mol. The summed E-state index contributed by atoms with van der Waals surface area (Å²) in [6.07, 6.45) is 1.53. The number of imide groups is 1. The molecule has 0 unspecified atom stereocenters. The Balaban J connectivity index is 1.40. The molecular formula is C27H17ClN2O4S2. The number of thioether (sulfide) groups is 1. The minimum absolute atomic E-state index is 0.0846. The van der Waals surface area contributed by atoms with Gasteiger partial charge in [-0.25, -0.2) is 0 Å². The Bertz CT molecular complexity index is 1550. The summed E-state index contributed by atoms with van der Waals surface area (Å²) in [7, 11) is 0. The third-order valence-corrected chi connectivity index (χ3v) is 7.83. The summed E-state index contributed by atoms with van der Waals surface area (Å²) in [5.41, 5.74) is 1.26. The van der Waals surface area contributed by atoms with E-state index < -0.39 is 10.8 Å². The molecule has 1 aliphatic rings. The lowest BCUT2D eigenvalue weighted by Crippen LogP contribution is -2.27. The molecule has 4 aromatic carbocycles. The van der Waals surface area contributed by atoms with Crippen LogP contribution in [-0.2, 0) is 11.3 Å². The van der Waals surface area contributed by atoms with E-state index in [1.807, 2.05) is 42.5 Å². The molecule has 1 aliphatic heterocycles. The van der Waals surface area contributed by atoms with Crippen molar-refractivity contribution in [3.63, 3.8) is 0 Å². The first-order valence-corrected chi connectivity index (χ1v) is 12.8. The average Bonchev–Trinajstić information content (AvgIpc) is 3.13. The highest BCUT2D eigenvalue weighted by molar-refractivity contribution is 8.18. The van der Waals surface area contributed by atoms with Crippen LogP contribution in [0.2, 0.25) is 5.02 Å². The predicted octanol–water partition coefficient (Wildman–Crippen LogP) is 7.79. The topological polar surface area (TPSA) is 80.5 Å².